The summed E-state index contributed by atoms with van der Waals surface area (Å²) in [5.74, 6) is 1.68. The van der Waals surface area contributed by atoms with Gasteiger partial charge in [0.25, 0.3) is 0 Å². The minimum absolute atomic E-state index is 0.0758. The second-order valence-corrected chi connectivity index (χ2v) is 9.32. The molecule has 0 aliphatic carbocycles. The third-order valence-electron chi connectivity index (χ3n) is 7.42. The minimum Gasteiger partial charge on any atom is -0.382 e. The van der Waals surface area contributed by atoms with Gasteiger partial charge in [-0.2, -0.15) is 0 Å². The number of carbonyl (C=O) groups excluding carboxylic acids is 2. The molecular formula is C22H38N4O3. The second-order valence-electron chi connectivity index (χ2n) is 9.32. The Hall–Kier alpha value is -1.34. The quantitative estimate of drug-likeness (QED) is 0.685. The first-order valence-corrected chi connectivity index (χ1v) is 11.8. The number of fused-ring (bicyclic) bond motifs is 4. The molecule has 2 bridgehead atoms. The predicted molar refractivity (Wildman–Crippen MR) is 112 cm³/mol. The van der Waals surface area contributed by atoms with Gasteiger partial charge in [0, 0.05) is 71.0 Å². The third-order valence-corrected chi connectivity index (χ3v) is 7.42. The van der Waals surface area contributed by atoms with E-state index in [9.17, 15) is 9.59 Å². The lowest BCUT2D eigenvalue weighted by Gasteiger charge is -2.54. The van der Waals surface area contributed by atoms with Crippen LogP contribution in [0.2, 0.25) is 0 Å². The summed E-state index contributed by atoms with van der Waals surface area (Å²) in [5.41, 5.74) is 0. The van der Waals surface area contributed by atoms with Crippen LogP contribution in [-0.4, -0.2) is 91.2 Å². The number of nitrogens with zero attached hydrogens (tertiary/aromatic N) is 3. The molecule has 0 saturated carbocycles. The molecule has 0 aromatic rings. The molecule has 164 valence electrons. The second kappa shape index (κ2) is 9.65. The fourth-order valence-electron chi connectivity index (χ4n) is 6.01. The Morgan fingerprint density at radius 3 is 2.79 bits per heavy atom. The number of likely N-dealkylation sites (tertiary alicyclic amines) is 2. The van der Waals surface area contributed by atoms with Crippen molar-refractivity contribution in [3.8, 4) is 0 Å². The average molecular weight is 407 g/mol. The van der Waals surface area contributed by atoms with Crippen molar-refractivity contribution in [1.82, 2.24) is 20.0 Å². The van der Waals surface area contributed by atoms with E-state index in [1.54, 1.807) is 0 Å². The van der Waals surface area contributed by atoms with Crippen molar-refractivity contribution in [3.05, 3.63) is 0 Å². The number of nitrogens with one attached hydrogen (secondary N) is 1. The van der Waals surface area contributed by atoms with Crippen LogP contribution in [0, 0.1) is 11.8 Å². The van der Waals surface area contributed by atoms with E-state index in [1.165, 1.54) is 12.8 Å². The van der Waals surface area contributed by atoms with Crippen LogP contribution >= 0.6 is 0 Å². The topological polar surface area (TPSA) is 65.1 Å². The molecule has 4 heterocycles. The lowest BCUT2D eigenvalue weighted by atomic mass is 9.75. The van der Waals surface area contributed by atoms with Gasteiger partial charge >= 0.3 is 6.03 Å². The van der Waals surface area contributed by atoms with Crippen molar-refractivity contribution in [2.24, 2.45) is 11.8 Å². The molecular weight excluding hydrogens is 368 g/mol. The number of ether oxygens (including phenoxy) is 1. The first kappa shape index (κ1) is 20.9. The minimum atomic E-state index is 0.0758. The summed E-state index contributed by atoms with van der Waals surface area (Å²) in [6.45, 7) is 9.05. The monoisotopic (exact) mass is 406 g/mol. The summed E-state index contributed by atoms with van der Waals surface area (Å²) >= 11 is 0. The molecule has 3 atom stereocenters. The molecule has 3 amide bonds. The van der Waals surface area contributed by atoms with E-state index in [0.29, 0.717) is 43.0 Å². The average Bonchev–Trinajstić information content (AvgIpc) is 2.74. The van der Waals surface area contributed by atoms with Crippen molar-refractivity contribution in [2.75, 3.05) is 52.5 Å². The highest BCUT2D eigenvalue weighted by Crippen LogP contribution is 2.39. The lowest BCUT2D eigenvalue weighted by Crippen LogP contribution is -2.62. The Labute approximate surface area is 175 Å². The Morgan fingerprint density at radius 1 is 1.17 bits per heavy atom. The van der Waals surface area contributed by atoms with Crippen molar-refractivity contribution in [2.45, 2.75) is 64.0 Å². The smallest absolute Gasteiger partial charge is 0.317 e. The van der Waals surface area contributed by atoms with Crippen LogP contribution in [-0.2, 0) is 9.53 Å². The first-order chi connectivity index (χ1) is 14.2. The van der Waals surface area contributed by atoms with Gasteiger partial charge < -0.3 is 19.9 Å². The maximum Gasteiger partial charge on any atom is 0.317 e. The van der Waals surface area contributed by atoms with E-state index in [4.69, 9.17) is 4.74 Å². The SMILES string of the molecule is CCOCCCNC(=O)N1CCC(N2C[C@H]3C[C@H](C2)[C@H]2CCCC(=O)N2C3)CC1. The summed E-state index contributed by atoms with van der Waals surface area (Å²) in [6, 6.07) is 1.15. The molecule has 4 rings (SSSR count). The number of urea groups is 1. The molecule has 0 aromatic carbocycles. The van der Waals surface area contributed by atoms with Gasteiger partial charge in [-0.05, 0) is 57.3 Å². The van der Waals surface area contributed by atoms with Crippen molar-refractivity contribution >= 4 is 11.9 Å². The molecule has 4 aliphatic rings. The van der Waals surface area contributed by atoms with Crippen LogP contribution in [0.5, 0.6) is 0 Å². The third kappa shape index (κ3) is 4.88. The zero-order chi connectivity index (χ0) is 20.2. The first-order valence-electron chi connectivity index (χ1n) is 11.8. The maximum absolute atomic E-state index is 12.4. The van der Waals surface area contributed by atoms with Gasteiger partial charge in [-0.3, -0.25) is 9.69 Å². The Balaban J connectivity index is 1.22. The van der Waals surface area contributed by atoms with E-state index in [1.807, 2.05) is 11.8 Å². The van der Waals surface area contributed by atoms with Crippen LogP contribution < -0.4 is 5.32 Å². The molecule has 7 heteroatoms. The van der Waals surface area contributed by atoms with Crippen molar-refractivity contribution < 1.29 is 14.3 Å². The summed E-state index contributed by atoms with van der Waals surface area (Å²) in [4.78, 5) is 31.6. The van der Waals surface area contributed by atoms with Crippen LogP contribution in [0.15, 0.2) is 0 Å². The summed E-state index contributed by atoms with van der Waals surface area (Å²) in [7, 11) is 0. The molecule has 7 nitrogen and oxygen atoms in total. The highest BCUT2D eigenvalue weighted by atomic mass is 16.5. The molecule has 29 heavy (non-hydrogen) atoms. The van der Waals surface area contributed by atoms with E-state index in [-0.39, 0.29) is 6.03 Å². The molecule has 4 fully saturated rings. The number of piperidine rings is 4. The van der Waals surface area contributed by atoms with Gasteiger partial charge in [0.2, 0.25) is 5.91 Å². The number of rotatable bonds is 6. The van der Waals surface area contributed by atoms with Crippen LogP contribution in [0.25, 0.3) is 0 Å². The van der Waals surface area contributed by atoms with Gasteiger partial charge in [0.05, 0.1) is 0 Å². The van der Waals surface area contributed by atoms with Crippen LogP contribution in [0.3, 0.4) is 0 Å². The number of carbonyl (C=O) groups is 2. The maximum atomic E-state index is 12.4. The number of amides is 3. The Bertz CT molecular complexity index is 578. The van der Waals surface area contributed by atoms with E-state index >= 15 is 0 Å². The molecule has 0 spiro atoms. The predicted octanol–water partition coefficient (Wildman–Crippen LogP) is 1.92. The lowest BCUT2D eigenvalue weighted by molar-refractivity contribution is -0.145. The summed E-state index contributed by atoms with van der Waals surface area (Å²) < 4.78 is 5.32. The zero-order valence-corrected chi connectivity index (χ0v) is 18.0. The van der Waals surface area contributed by atoms with Gasteiger partial charge in [-0.25, -0.2) is 4.79 Å². The van der Waals surface area contributed by atoms with Gasteiger partial charge in [0.15, 0.2) is 0 Å². The van der Waals surface area contributed by atoms with Crippen LogP contribution in [0.1, 0.15) is 51.9 Å². The highest BCUT2D eigenvalue weighted by molar-refractivity contribution is 5.77. The molecule has 0 radical (unpaired) electrons. The van der Waals surface area contributed by atoms with Gasteiger partial charge in [-0.15, -0.1) is 0 Å². The standard InChI is InChI=1S/C22H38N4O3/c1-2-29-12-4-9-23-22(28)24-10-7-19(8-11-24)25-14-17-13-18(16-25)20-5-3-6-21(27)26(20)15-17/h17-20H,2-16H2,1H3,(H,23,28)/t17-,18-,20-/m1/s1. The fraction of sp³-hybridized carbons (Fsp3) is 0.909. The fourth-order valence-corrected chi connectivity index (χ4v) is 6.01. The highest BCUT2D eigenvalue weighted by Gasteiger charge is 2.45. The largest absolute Gasteiger partial charge is 0.382 e. The Kier molecular flexibility index (Phi) is 6.96. The molecule has 4 saturated heterocycles. The molecule has 0 aromatic heterocycles. The molecule has 4 aliphatic heterocycles. The van der Waals surface area contributed by atoms with E-state index in [0.717, 1.165) is 71.4 Å². The summed E-state index contributed by atoms with van der Waals surface area (Å²) in [5, 5.41) is 3.03. The summed E-state index contributed by atoms with van der Waals surface area (Å²) in [6.07, 6.45) is 7.32. The van der Waals surface area contributed by atoms with Crippen molar-refractivity contribution in [1.29, 1.82) is 0 Å². The zero-order valence-electron chi connectivity index (χ0n) is 18.0. The van der Waals surface area contributed by atoms with E-state index in [2.05, 4.69) is 15.1 Å². The Morgan fingerprint density at radius 2 is 2.00 bits per heavy atom. The van der Waals surface area contributed by atoms with E-state index < -0.39 is 0 Å². The van der Waals surface area contributed by atoms with Crippen LogP contribution in [0.4, 0.5) is 4.79 Å². The molecule has 0 unspecified atom stereocenters. The van der Waals surface area contributed by atoms with Gasteiger partial charge in [0.1, 0.15) is 0 Å². The normalized spacial score (nSPS) is 30.9. The van der Waals surface area contributed by atoms with Gasteiger partial charge in [-0.1, -0.05) is 0 Å². The van der Waals surface area contributed by atoms with Crippen molar-refractivity contribution in [3.63, 3.8) is 0 Å². The number of hydrogen-bond donors (Lipinski definition) is 1. The number of hydrogen-bond acceptors (Lipinski definition) is 4. The molecule has 1 N–H and O–H groups in total.